The smallest absolute Gasteiger partial charge is 0.248 e. The molecule has 0 saturated carbocycles. The molecule has 0 unspecified atom stereocenters. The number of ether oxygens (including phenoxy) is 1. The van der Waals surface area contributed by atoms with Crippen LogP contribution >= 0.6 is 0 Å². The molecule has 4 nitrogen and oxygen atoms in total. The van der Waals surface area contributed by atoms with Gasteiger partial charge in [0.2, 0.25) is 5.91 Å². The Hall–Kier alpha value is -0.610. The van der Waals surface area contributed by atoms with Gasteiger partial charge in [-0.1, -0.05) is 20.8 Å². The third-order valence-electron chi connectivity index (χ3n) is 3.72. The second kappa shape index (κ2) is 8.48. The first kappa shape index (κ1) is 15.4. The molecule has 0 radical (unpaired) electrons. The molecular weight excluding hydrogens is 228 g/mol. The lowest BCUT2D eigenvalue weighted by Crippen LogP contribution is -2.47. The summed E-state index contributed by atoms with van der Waals surface area (Å²) in [6, 6.07) is 0.653. The van der Waals surface area contributed by atoms with Crippen molar-refractivity contribution in [1.82, 2.24) is 9.80 Å². The van der Waals surface area contributed by atoms with Crippen LogP contribution in [-0.4, -0.2) is 61.1 Å². The number of hydrogen-bond donors (Lipinski definition) is 0. The van der Waals surface area contributed by atoms with Crippen molar-refractivity contribution >= 4 is 5.91 Å². The van der Waals surface area contributed by atoms with E-state index >= 15 is 0 Å². The molecule has 4 heteroatoms. The second-order valence-electron chi connectivity index (χ2n) is 4.89. The van der Waals surface area contributed by atoms with E-state index in [1.807, 2.05) is 4.90 Å². The number of nitrogens with zero attached hydrogens (tertiary/aromatic N) is 2. The van der Waals surface area contributed by atoms with Crippen molar-refractivity contribution in [2.45, 2.75) is 46.1 Å². The lowest BCUT2D eigenvalue weighted by Gasteiger charge is -2.37. The Morgan fingerprint density at radius 3 is 2.33 bits per heavy atom. The molecule has 1 heterocycles. The third kappa shape index (κ3) is 4.58. The van der Waals surface area contributed by atoms with Gasteiger partial charge >= 0.3 is 0 Å². The summed E-state index contributed by atoms with van der Waals surface area (Å²) in [6.07, 6.45) is 3.17. The molecule has 1 rings (SSSR count). The average Bonchev–Trinajstić information content (AvgIpc) is 2.41. The van der Waals surface area contributed by atoms with E-state index in [1.165, 1.54) is 0 Å². The fourth-order valence-electron chi connectivity index (χ4n) is 2.62. The second-order valence-corrected chi connectivity index (χ2v) is 4.89. The average molecular weight is 256 g/mol. The molecule has 18 heavy (non-hydrogen) atoms. The summed E-state index contributed by atoms with van der Waals surface area (Å²) in [6.45, 7) is 11.4. The fourth-order valence-corrected chi connectivity index (χ4v) is 2.62. The molecule has 0 N–H and O–H groups in total. The van der Waals surface area contributed by atoms with Crippen LogP contribution in [0.5, 0.6) is 0 Å². The largest absolute Gasteiger partial charge is 0.372 e. The maximum atomic E-state index is 11.9. The summed E-state index contributed by atoms with van der Waals surface area (Å²) in [5.74, 6) is 0.154. The van der Waals surface area contributed by atoms with Gasteiger partial charge in [0.25, 0.3) is 0 Å². The van der Waals surface area contributed by atoms with Gasteiger partial charge in [0.15, 0.2) is 0 Å². The predicted molar refractivity (Wildman–Crippen MR) is 73.6 cm³/mol. The van der Waals surface area contributed by atoms with Gasteiger partial charge in [0.1, 0.15) is 6.61 Å². The van der Waals surface area contributed by atoms with E-state index in [0.29, 0.717) is 12.6 Å². The first-order valence-electron chi connectivity index (χ1n) is 7.32. The summed E-state index contributed by atoms with van der Waals surface area (Å²) in [4.78, 5) is 16.3. The van der Waals surface area contributed by atoms with Gasteiger partial charge < -0.3 is 14.5 Å². The highest BCUT2D eigenvalue weighted by atomic mass is 16.5. The summed E-state index contributed by atoms with van der Waals surface area (Å²) in [5.41, 5.74) is 0. The van der Waals surface area contributed by atoms with Gasteiger partial charge in [0, 0.05) is 25.7 Å². The molecule has 0 atom stereocenters. The molecule has 0 aromatic rings. The summed E-state index contributed by atoms with van der Waals surface area (Å²) < 4.78 is 5.31. The van der Waals surface area contributed by atoms with Crippen LogP contribution in [0.15, 0.2) is 0 Å². The van der Waals surface area contributed by atoms with Crippen molar-refractivity contribution in [3.63, 3.8) is 0 Å². The van der Waals surface area contributed by atoms with Crippen LogP contribution in [0, 0.1) is 0 Å². The van der Waals surface area contributed by atoms with Crippen LogP contribution in [0.3, 0.4) is 0 Å². The highest BCUT2D eigenvalue weighted by Gasteiger charge is 2.25. The van der Waals surface area contributed by atoms with Crippen molar-refractivity contribution in [3.05, 3.63) is 0 Å². The molecule has 0 aromatic carbocycles. The van der Waals surface area contributed by atoms with Gasteiger partial charge in [-0.05, 0) is 32.4 Å². The van der Waals surface area contributed by atoms with E-state index in [2.05, 4.69) is 25.7 Å². The van der Waals surface area contributed by atoms with Gasteiger partial charge in [-0.25, -0.2) is 0 Å². The normalized spacial score (nSPS) is 17.4. The Morgan fingerprint density at radius 2 is 1.83 bits per heavy atom. The van der Waals surface area contributed by atoms with Crippen LogP contribution in [0.1, 0.15) is 40.0 Å². The van der Waals surface area contributed by atoms with Gasteiger partial charge in [0.05, 0.1) is 0 Å². The van der Waals surface area contributed by atoms with E-state index in [9.17, 15) is 4.79 Å². The topological polar surface area (TPSA) is 32.8 Å². The van der Waals surface area contributed by atoms with Gasteiger partial charge in [-0.15, -0.1) is 0 Å². The van der Waals surface area contributed by atoms with Crippen molar-refractivity contribution in [3.8, 4) is 0 Å². The number of amides is 1. The van der Waals surface area contributed by atoms with Gasteiger partial charge in [-0.2, -0.15) is 0 Å². The summed E-state index contributed by atoms with van der Waals surface area (Å²) in [7, 11) is 0. The molecule has 106 valence electrons. The molecule has 1 aliphatic heterocycles. The zero-order chi connectivity index (χ0) is 13.4. The lowest BCUT2D eigenvalue weighted by molar-refractivity contribution is -0.137. The van der Waals surface area contributed by atoms with Crippen LogP contribution in [-0.2, 0) is 9.53 Å². The third-order valence-corrected chi connectivity index (χ3v) is 3.72. The number of carbonyl (C=O) groups excluding carboxylic acids is 1. The molecule has 0 bridgehead atoms. The molecule has 0 aliphatic carbocycles. The zero-order valence-electron chi connectivity index (χ0n) is 12.2. The minimum Gasteiger partial charge on any atom is -0.372 e. The van der Waals surface area contributed by atoms with Crippen molar-refractivity contribution in [2.75, 3.05) is 39.4 Å². The first-order chi connectivity index (χ1) is 8.72. The maximum absolute atomic E-state index is 11.9. The van der Waals surface area contributed by atoms with Crippen LogP contribution < -0.4 is 0 Å². The Balaban J connectivity index is 2.27. The number of piperidine rings is 1. The Morgan fingerprint density at radius 1 is 1.22 bits per heavy atom. The van der Waals surface area contributed by atoms with Crippen molar-refractivity contribution < 1.29 is 9.53 Å². The summed E-state index contributed by atoms with van der Waals surface area (Å²) >= 11 is 0. The fraction of sp³-hybridized carbons (Fsp3) is 0.929. The molecule has 1 amide bonds. The van der Waals surface area contributed by atoms with E-state index in [-0.39, 0.29) is 12.5 Å². The Labute approximate surface area is 111 Å². The summed E-state index contributed by atoms with van der Waals surface area (Å²) in [5, 5.41) is 0. The predicted octanol–water partition coefficient (Wildman–Crippen LogP) is 1.75. The van der Waals surface area contributed by atoms with Crippen LogP contribution in [0.4, 0.5) is 0 Å². The van der Waals surface area contributed by atoms with Gasteiger partial charge in [-0.3, -0.25) is 4.79 Å². The maximum Gasteiger partial charge on any atom is 0.248 e. The highest BCUT2D eigenvalue weighted by molar-refractivity contribution is 5.77. The standard InChI is InChI=1S/C14H28N2O2/c1-4-11-18-12-14(17)16-9-7-13(8-10-16)15(5-2)6-3/h13H,4-12H2,1-3H3. The number of hydrogen-bond acceptors (Lipinski definition) is 3. The number of likely N-dealkylation sites (tertiary alicyclic amines) is 1. The number of rotatable bonds is 7. The van der Waals surface area contributed by atoms with Crippen LogP contribution in [0.25, 0.3) is 0 Å². The zero-order valence-corrected chi connectivity index (χ0v) is 12.2. The molecule has 1 saturated heterocycles. The van der Waals surface area contributed by atoms with E-state index < -0.39 is 0 Å². The van der Waals surface area contributed by atoms with E-state index in [0.717, 1.165) is 45.4 Å². The molecule has 1 fully saturated rings. The van der Waals surface area contributed by atoms with E-state index in [4.69, 9.17) is 4.74 Å². The van der Waals surface area contributed by atoms with Crippen molar-refractivity contribution in [2.24, 2.45) is 0 Å². The lowest BCUT2D eigenvalue weighted by atomic mass is 10.0. The monoisotopic (exact) mass is 256 g/mol. The SMILES string of the molecule is CCCOCC(=O)N1CCC(N(CC)CC)CC1. The first-order valence-corrected chi connectivity index (χ1v) is 7.32. The highest BCUT2D eigenvalue weighted by Crippen LogP contribution is 2.16. The minimum atomic E-state index is 0.154. The quantitative estimate of drug-likeness (QED) is 0.651. The molecule has 0 spiro atoms. The Bertz CT molecular complexity index is 234. The van der Waals surface area contributed by atoms with E-state index in [1.54, 1.807) is 0 Å². The van der Waals surface area contributed by atoms with Crippen LogP contribution in [0.2, 0.25) is 0 Å². The molecular formula is C14H28N2O2. The van der Waals surface area contributed by atoms with Crippen molar-refractivity contribution in [1.29, 1.82) is 0 Å². The minimum absolute atomic E-state index is 0.154. The molecule has 0 aromatic heterocycles. The Kier molecular flexibility index (Phi) is 7.28. The number of carbonyl (C=O) groups is 1. The molecule has 1 aliphatic rings.